The Labute approximate surface area is 144 Å². The van der Waals surface area contributed by atoms with Gasteiger partial charge in [-0.2, -0.15) is 0 Å². The first-order chi connectivity index (χ1) is 10.9. The lowest BCUT2D eigenvalue weighted by Gasteiger charge is -2.07. The fourth-order valence-corrected chi connectivity index (χ4v) is 2.20. The Morgan fingerprint density at radius 3 is 2.39 bits per heavy atom. The summed E-state index contributed by atoms with van der Waals surface area (Å²) < 4.78 is 14.1. The van der Waals surface area contributed by atoms with Crippen molar-refractivity contribution in [1.82, 2.24) is 5.32 Å². The van der Waals surface area contributed by atoms with Crippen LogP contribution in [0.4, 0.5) is 10.1 Å². The molecule has 0 spiro atoms. The molecule has 2 rings (SSSR count). The van der Waals surface area contributed by atoms with Crippen LogP contribution in [-0.4, -0.2) is 17.7 Å². The summed E-state index contributed by atoms with van der Waals surface area (Å²) in [5.74, 6) is -3.95. The van der Waals surface area contributed by atoms with Gasteiger partial charge < -0.3 is 5.32 Å². The van der Waals surface area contributed by atoms with Crippen molar-refractivity contribution in [1.29, 1.82) is 0 Å². The Kier molecular flexibility index (Phi) is 5.46. The zero-order valence-corrected chi connectivity index (χ0v) is 13.7. The molecular weight excluding hydrogens is 391 g/mol. The number of benzene rings is 2. The van der Waals surface area contributed by atoms with Crippen molar-refractivity contribution in [2.75, 3.05) is 5.32 Å². The van der Waals surface area contributed by atoms with E-state index in [-0.39, 0.29) is 16.3 Å². The van der Waals surface area contributed by atoms with Gasteiger partial charge >= 0.3 is 11.8 Å². The maximum Gasteiger partial charge on any atom is 0.316 e. The Bertz CT molecular complexity index is 798. The number of carbonyl (C=O) groups is 3. The molecule has 5 nitrogen and oxygen atoms in total. The molecule has 2 N–H and O–H groups in total. The molecule has 2 aromatic rings. The number of imide groups is 1. The molecule has 0 aromatic heterocycles. The second-order valence-corrected chi connectivity index (χ2v) is 5.66. The van der Waals surface area contributed by atoms with Crippen LogP contribution in [0.15, 0.2) is 46.9 Å². The molecule has 0 atom stereocenters. The van der Waals surface area contributed by atoms with Crippen LogP contribution in [0.5, 0.6) is 0 Å². The van der Waals surface area contributed by atoms with Gasteiger partial charge in [0.2, 0.25) is 0 Å². The largest absolute Gasteiger partial charge is 0.316 e. The number of hydrogen-bond donors (Lipinski definition) is 2. The average Bonchev–Trinajstić information content (AvgIpc) is 2.50. The minimum Gasteiger partial charge on any atom is -0.315 e. The third-order valence-corrected chi connectivity index (χ3v) is 3.55. The second-order valence-electron chi connectivity index (χ2n) is 4.34. The van der Waals surface area contributed by atoms with E-state index in [0.29, 0.717) is 4.47 Å². The molecule has 0 aliphatic rings. The average molecular weight is 400 g/mol. The molecule has 23 heavy (non-hydrogen) atoms. The van der Waals surface area contributed by atoms with Crippen LogP contribution in [0.25, 0.3) is 0 Å². The number of rotatable bonds is 2. The minimum atomic E-state index is -1.22. The molecule has 0 saturated heterocycles. The van der Waals surface area contributed by atoms with Gasteiger partial charge in [-0.3, -0.25) is 19.7 Å². The van der Waals surface area contributed by atoms with E-state index < -0.39 is 23.5 Å². The fourth-order valence-electron chi connectivity index (χ4n) is 1.64. The number of halogens is 3. The maximum absolute atomic E-state index is 13.6. The number of carbonyl (C=O) groups excluding carboxylic acids is 3. The molecule has 118 valence electrons. The first kappa shape index (κ1) is 17.1. The van der Waals surface area contributed by atoms with E-state index in [9.17, 15) is 18.8 Å². The normalized spacial score (nSPS) is 10.0. The molecule has 0 aliphatic carbocycles. The molecule has 0 heterocycles. The van der Waals surface area contributed by atoms with Gasteiger partial charge in [0.25, 0.3) is 5.91 Å². The summed E-state index contributed by atoms with van der Waals surface area (Å²) in [4.78, 5) is 35.3. The summed E-state index contributed by atoms with van der Waals surface area (Å²) in [7, 11) is 0. The van der Waals surface area contributed by atoms with E-state index in [1.807, 2.05) is 5.32 Å². The van der Waals surface area contributed by atoms with Crippen LogP contribution in [0.3, 0.4) is 0 Å². The zero-order chi connectivity index (χ0) is 17.0. The van der Waals surface area contributed by atoms with E-state index in [4.69, 9.17) is 11.6 Å². The predicted octanol–water partition coefficient (Wildman–Crippen LogP) is 3.14. The van der Waals surface area contributed by atoms with E-state index in [1.54, 1.807) is 12.1 Å². The molecule has 0 bridgehead atoms. The van der Waals surface area contributed by atoms with Crippen molar-refractivity contribution in [3.05, 3.63) is 63.3 Å². The summed E-state index contributed by atoms with van der Waals surface area (Å²) >= 11 is 8.89. The van der Waals surface area contributed by atoms with Gasteiger partial charge in [0.1, 0.15) is 5.82 Å². The van der Waals surface area contributed by atoms with Crippen molar-refractivity contribution >= 4 is 50.9 Å². The summed E-state index contributed by atoms with van der Waals surface area (Å²) in [6, 6.07) is 9.94. The molecule has 0 unspecified atom stereocenters. The van der Waals surface area contributed by atoms with E-state index in [1.165, 1.54) is 24.3 Å². The highest BCUT2D eigenvalue weighted by atomic mass is 79.9. The van der Waals surface area contributed by atoms with Crippen molar-refractivity contribution in [2.24, 2.45) is 0 Å². The smallest absolute Gasteiger partial charge is 0.315 e. The van der Waals surface area contributed by atoms with Gasteiger partial charge in [0.05, 0.1) is 16.3 Å². The Balaban J connectivity index is 2.04. The lowest BCUT2D eigenvalue weighted by Crippen LogP contribution is -2.39. The van der Waals surface area contributed by atoms with Crippen LogP contribution in [-0.2, 0) is 9.59 Å². The first-order valence-electron chi connectivity index (χ1n) is 6.24. The van der Waals surface area contributed by atoms with Gasteiger partial charge in [0, 0.05) is 4.47 Å². The topological polar surface area (TPSA) is 75.3 Å². The molecule has 0 radical (unpaired) electrons. The van der Waals surface area contributed by atoms with Crippen molar-refractivity contribution in [3.63, 3.8) is 0 Å². The molecule has 8 heteroatoms. The third-order valence-electron chi connectivity index (χ3n) is 2.73. The van der Waals surface area contributed by atoms with E-state index >= 15 is 0 Å². The highest BCUT2D eigenvalue weighted by Crippen LogP contribution is 2.19. The molecule has 2 aromatic carbocycles. The van der Waals surface area contributed by atoms with Crippen molar-refractivity contribution in [2.45, 2.75) is 0 Å². The Hall–Kier alpha value is -2.25. The number of anilines is 1. The molecule has 0 aliphatic heterocycles. The lowest BCUT2D eigenvalue weighted by molar-refractivity contribution is -0.135. The second kappa shape index (κ2) is 7.34. The summed E-state index contributed by atoms with van der Waals surface area (Å²) in [6.07, 6.45) is 0. The minimum absolute atomic E-state index is 0.0464. The van der Waals surface area contributed by atoms with Gasteiger partial charge in [-0.25, -0.2) is 4.39 Å². The highest BCUT2D eigenvalue weighted by molar-refractivity contribution is 9.10. The van der Waals surface area contributed by atoms with Gasteiger partial charge in [-0.05, 0) is 30.3 Å². The fraction of sp³-hybridized carbons (Fsp3) is 0. The molecule has 0 saturated carbocycles. The molecular formula is C15H9BrClFN2O3. The van der Waals surface area contributed by atoms with Gasteiger partial charge in [-0.1, -0.05) is 39.7 Å². The number of hydrogen-bond acceptors (Lipinski definition) is 3. The molecule has 3 amide bonds. The molecule has 0 fully saturated rings. The summed E-state index contributed by atoms with van der Waals surface area (Å²) in [5.41, 5.74) is -0.135. The highest BCUT2D eigenvalue weighted by Gasteiger charge is 2.20. The zero-order valence-electron chi connectivity index (χ0n) is 11.4. The van der Waals surface area contributed by atoms with Crippen LogP contribution >= 0.6 is 27.5 Å². The predicted molar refractivity (Wildman–Crippen MR) is 86.7 cm³/mol. The van der Waals surface area contributed by atoms with Crippen LogP contribution in [0, 0.1) is 5.82 Å². The maximum atomic E-state index is 13.6. The monoisotopic (exact) mass is 398 g/mol. The lowest BCUT2D eigenvalue weighted by atomic mass is 10.2. The summed E-state index contributed by atoms with van der Waals surface area (Å²) in [5, 5.41) is 4.09. The first-order valence-corrected chi connectivity index (χ1v) is 7.42. The van der Waals surface area contributed by atoms with Crippen LogP contribution < -0.4 is 10.6 Å². The van der Waals surface area contributed by atoms with Gasteiger partial charge in [-0.15, -0.1) is 0 Å². The van der Waals surface area contributed by atoms with Crippen molar-refractivity contribution in [3.8, 4) is 0 Å². The van der Waals surface area contributed by atoms with Crippen LogP contribution in [0.1, 0.15) is 10.4 Å². The Morgan fingerprint density at radius 1 is 1.04 bits per heavy atom. The van der Waals surface area contributed by atoms with Crippen molar-refractivity contribution < 1.29 is 18.8 Å². The van der Waals surface area contributed by atoms with Crippen LogP contribution in [0.2, 0.25) is 5.02 Å². The van der Waals surface area contributed by atoms with E-state index in [0.717, 1.165) is 6.07 Å². The van der Waals surface area contributed by atoms with Gasteiger partial charge in [0.15, 0.2) is 0 Å². The Morgan fingerprint density at radius 2 is 1.74 bits per heavy atom. The standard InChI is InChI=1S/C15H9BrClFN2O3/c16-8-5-6-12(11(18)7-8)19-14(22)15(23)20-13(21)9-3-1-2-4-10(9)17/h1-7H,(H,19,22)(H,20,21,23). The number of amides is 3. The SMILES string of the molecule is O=C(NC(=O)c1ccccc1Cl)C(=O)Nc1ccc(Br)cc1F. The van der Waals surface area contributed by atoms with E-state index in [2.05, 4.69) is 21.2 Å². The third kappa shape index (κ3) is 4.37. The summed E-state index contributed by atoms with van der Waals surface area (Å²) in [6.45, 7) is 0. The quantitative estimate of drug-likeness (QED) is 0.762. The number of nitrogens with one attached hydrogen (secondary N) is 2.